The average molecular weight is 362 g/mol. The van der Waals surface area contributed by atoms with Crippen LogP contribution in [0.25, 0.3) is 0 Å². The smallest absolute Gasteiger partial charge is 0.239 e. The van der Waals surface area contributed by atoms with Crippen molar-refractivity contribution >= 4 is 35.8 Å². The van der Waals surface area contributed by atoms with Crippen LogP contribution in [-0.2, 0) is 11.2 Å². The van der Waals surface area contributed by atoms with E-state index in [1.807, 2.05) is 30.3 Å². The molecule has 0 spiro atoms. The lowest BCUT2D eigenvalue weighted by Crippen LogP contribution is -2.40. The van der Waals surface area contributed by atoms with Gasteiger partial charge < -0.3 is 16.4 Å². The molecule has 6 heteroatoms. The lowest BCUT2D eigenvalue weighted by atomic mass is 10.1. The molecule has 4 N–H and O–H groups in total. The van der Waals surface area contributed by atoms with Gasteiger partial charge in [0.05, 0.1) is 6.54 Å². The van der Waals surface area contributed by atoms with Crippen LogP contribution in [0.15, 0.2) is 35.3 Å². The number of hydrogen-bond donors (Lipinski definition) is 3. The molecule has 0 bridgehead atoms. The molecule has 1 aromatic carbocycles. The van der Waals surface area contributed by atoms with Crippen LogP contribution >= 0.6 is 24.0 Å². The van der Waals surface area contributed by atoms with E-state index in [4.69, 9.17) is 5.73 Å². The number of benzene rings is 1. The number of hydrogen-bond acceptors (Lipinski definition) is 2. The Hall–Kier alpha value is -1.31. The Kier molecular flexibility index (Phi) is 8.99. The molecule has 5 nitrogen and oxygen atoms in total. The first-order chi connectivity index (χ1) is 8.22. The van der Waals surface area contributed by atoms with Crippen molar-refractivity contribution in [2.75, 3.05) is 20.1 Å². The summed E-state index contributed by atoms with van der Waals surface area (Å²) in [6, 6.07) is 10.0. The average Bonchev–Trinajstić information content (AvgIpc) is 2.37. The highest BCUT2D eigenvalue weighted by Crippen LogP contribution is 1.97. The van der Waals surface area contributed by atoms with Gasteiger partial charge in [0.15, 0.2) is 5.96 Å². The third kappa shape index (κ3) is 7.10. The summed E-state index contributed by atoms with van der Waals surface area (Å²) in [5, 5.41) is 5.50. The molecule has 18 heavy (non-hydrogen) atoms. The number of amides is 1. The van der Waals surface area contributed by atoms with Gasteiger partial charge in [-0.3, -0.25) is 9.79 Å². The molecule has 1 rings (SSSR count). The third-order valence-electron chi connectivity index (χ3n) is 2.25. The molecule has 0 radical (unpaired) electrons. The predicted molar refractivity (Wildman–Crippen MR) is 84.1 cm³/mol. The molecular weight excluding hydrogens is 343 g/mol. The van der Waals surface area contributed by atoms with E-state index in [1.54, 1.807) is 7.05 Å². The van der Waals surface area contributed by atoms with E-state index < -0.39 is 0 Å². The fourth-order valence-corrected chi connectivity index (χ4v) is 1.30. The summed E-state index contributed by atoms with van der Waals surface area (Å²) in [6.07, 6.45) is 0.823. The Labute approximate surface area is 124 Å². The normalized spacial score (nSPS) is 10.4. The predicted octanol–water partition coefficient (Wildman–Crippen LogP) is 0.497. The summed E-state index contributed by atoms with van der Waals surface area (Å²) >= 11 is 0. The van der Waals surface area contributed by atoms with Crippen molar-refractivity contribution in [3.8, 4) is 0 Å². The van der Waals surface area contributed by atoms with Crippen LogP contribution < -0.4 is 16.4 Å². The first kappa shape index (κ1) is 16.7. The molecule has 1 aromatic rings. The van der Waals surface area contributed by atoms with Crippen LogP contribution in [0, 0.1) is 0 Å². The lowest BCUT2D eigenvalue weighted by molar-refractivity contribution is -0.119. The summed E-state index contributed by atoms with van der Waals surface area (Å²) in [4.78, 5) is 15.1. The minimum atomic E-state index is -0.0902. The number of nitrogens with two attached hydrogens (primary N) is 1. The second-order valence-electron chi connectivity index (χ2n) is 3.55. The van der Waals surface area contributed by atoms with Crippen molar-refractivity contribution in [2.45, 2.75) is 6.42 Å². The van der Waals surface area contributed by atoms with E-state index in [0.717, 1.165) is 6.42 Å². The van der Waals surface area contributed by atoms with Crippen molar-refractivity contribution in [1.29, 1.82) is 0 Å². The molecule has 0 aliphatic rings. The van der Waals surface area contributed by atoms with E-state index >= 15 is 0 Å². The fraction of sp³-hybridized carbons (Fsp3) is 0.333. The molecule has 0 aliphatic heterocycles. The van der Waals surface area contributed by atoms with Gasteiger partial charge in [0.25, 0.3) is 0 Å². The topological polar surface area (TPSA) is 79.5 Å². The van der Waals surface area contributed by atoms with E-state index in [1.165, 1.54) is 5.56 Å². The number of carbonyl (C=O) groups excluding carboxylic acids is 1. The lowest BCUT2D eigenvalue weighted by Gasteiger charge is -2.06. The van der Waals surface area contributed by atoms with Crippen LogP contribution in [0.4, 0.5) is 0 Å². The van der Waals surface area contributed by atoms with Gasteiger partial charge in [-0.1, -0.05) is 30.3 Å². The number of carbonyl (C=O) groups is 1. The standard InChI is InChI=1S/C12H18N4O.HI/c1-14-12(13)16-9-11(17)15-8-7-10-5-3-2-4-6-10;/h2-6H,7-9H2,1H3,(H,15,17)(H3,13,14,16);1H. The monoisotopic (exact) mass is 362 g/mol. The SMILES string of the molecule is CN=C(N)NCC(=O)NCCc1ccccc1.I. The maximum Gasteiger partial charge on any atom is 0.239 e. The number of nitrogens with zero attached hydrogens (tertiary/aromatic N) is 1. The highest BCUT2D eigenvalue weighted by molar-refractivity contribution is 14.0. The van der Waals surface area contributed by atoms with Crippen LogP contribution in [0.1, 0.15) is 5.56 Å². The molecule has 0 aromatic heterocycles. The Bertz CT molecular complexity index is 381. The number of aliphatic imine (C=N–C) groups is 1. The quantitative estimate of drug-likeness (QED) is 0.406. The molecule has 0 saturated carbocycles. The van der Waals surface area contributed by atoms with Crippen LogP contribution in [0.3, 0.4) is 0 Å². The van der Waals surface area contributed by atoms with Gasteiger partial charge in [-0.25, -0.2) is 0 Å². The Morgan fingerprint density at radius 1 is 1.28 bits per heavy atom. The molecule has 0 aliphatic carbocycles. The molecule has 0 fully saturated rings. The maximum atomic E-state index is 11.4. The van der Waals surface area contributed by atoms with Gasteiger partial charge in [-0.05, 0) is 12.0 Å². The van der Waals surface area contributed by atoms with Crippen molar-refractivity contribution in [2.24, 2.45) is 10.7 Å². The summed E-state index contributed by atoms with van der Waals surface area (Å²) < 4.78 is 0. The Morgan fingerprint density at radius 2 is 1.94 bits per heavy atom. The first-order valence-electron chi connectivity index (χ1n) is 5.49. The third-order valence-corrected chi connectivity index (χ3v) is 2.25. The van der Waals surface area contributed by atoms with E-state index in [2.05, 4.69) is 15.6 Å². The Balaban J connectivity index is 0.00000289. The molecule has 0 saturated heterocycles. The zero-order chi connectivity index (χ0) is 12.5. The van der Waals surface area contributed by atoms with E-state index in [-0.39, 0.29) is 42.4 Å². The molecule has 0 atom stereocenters. The summed E-state index contributed by atoms with van der Waals surface area (Å²) in [6.45, 7) is 0.770. The summed E-state index contributed by atoms with van der Waals surface area (Å²) in [5.74, 6) is 0.177. The number of halogens is 1. The zero-order valence-electron chi connectivity index (χ0n) is 10.3. The van der Waals surface area contributed by atoms with Gasteiger partial charge in [-0.2, -0.15) is 0 Å². The van der Waals surface area contributed by atoms with E-state index in [9.17, 15) is 4.79 Å². The summed E-state index contributed by atoms with van der Waals surface area (Å²) in [7, 11) is 1.57. The number of nitrogens with one attached hydrogen (secondary N) is 2. The number of rotatable bonds is 5. The van der Waals surface area contributed by atoms with Gasteiger partial charge in [0.2, 0.25) is 5.91 Å². The zero-order valence-corrected chi connectivity index (χ0v) is 12.7. The molecule has 0 heterocycles. The number of guanidine groups is 1. The van der Waals surface area contributed by atoms with Crippen LogP contribution in [-0.4, -0.2) is 32.0 Å². The molecule has 1 amide bonds. The first-order valence-corrected chi connectivity index (χ1v) is 5.49. The minimum Gasteiger partial charge on any atom is -0.370 e. The largest absolute Gasteiger partial charge is 0.370 e. The Morgan fingerprint density at radius 3 is 2.56 bits per heavy atom. The van der Waals surface area contributed by atoms with Gasteiger partial charge >= 0.3 is 0 Å². The summed E-state index contributed by atoms with van der Waals surface area (Å²) in [5.41, 5.74) is 6.60. The fourth-order valence-electron chi connectivity index (χ4n) is 1.30. The van der Waals surface area contributed by atoms with Crippen LogP contribution in [0.2, 0.25) is 0 Å². The van der Waals surface area contributed by atoms with Crippen molar-refractivity contribution < 1.29 is 4.79 Å². The second-order valence-corrected chi connectivity index (χ2v) is 3.55. The van der Waals surface area contributed by atoms with Crippen molar-refractivity contribution in [3.63, 3.8) is 0 Å². The van der Waals surface area contributed by atoms with Gasteiger partial charge in [0.1, 0.15) is 0 Å². The molecular formula is C12H19IN4O. The molecule has 0 unspecified atom stereocenters. The van der Waals surface area contributed by atoms with Gasteiger partial charge in [-0.15, -0.1) is 24.0 Å². The van der Waals surface area contributed by atoms with Crippen molar-refractivity contribution in [1.82, 2.24) is 10.6 Å². The highest BCUT2D eigenvalue weighted by Gasteiger charge is 2.00. The van der Waals surface area contributed by atoms with E-state index in [0.29, 0.717) is 6.54 Å². The van der Waals surface area contributed by atoms with Crippen molar-refractivity contribution in [3.05, 3.63) is 35.9 Å². The minimum absolute atomic E-state index is 0. The second kappa shape index (κ2) is 9.69. The molecule has 100 valence electrons. The van der Waals surface area contributed by atoms with Crippen LogP contribution in [0.5, 0.6) is 0 Å². The highest BCUT2D eigenvalue weighted by atomic mass is 127. The maximum absolute atomic E-state index is 11.4. The van der Waals surface area contributed by atoms with Gasteiger partial charge in [0, 0.05) is 13.6 Å².